The zero-order chi connectivity index (χ0) is 22.3. The predicted octanol–water partition coefficient (Wildman–Crippen LogP) is 2.72. The van der Waals surface area contributed by atoms with E-state index in [1.165, 1.54) is 0 Å². The molecule has 0 amide bonds. The van der Waals surface area contributed by atoms with Gasteiger partial charge in [-0.3, -0.25) is 19.5 Å². The van der Waals surface area contributed by atoms with Crippen LogP contribution in [0, 0.1) is 5.92 Å². The second-order valence-corrected chi connectivity index (χ2v) is 9.20. The van der Waals surface area contributed by atoms with Crippen LogP contribution in [0.15, 0.2) is 40.9 Å². The van der Waals surface area contributed by atoms with E-state index < -0.39 is 11.5 Å². The molecule has 1 unspecified atom stereocenters. The molecule has 32 heavy (non-hydrogen) atoms. The number of carbonyl (C=O) groups is 2. The zero-order valence-corrected chi connectivity index (χ0v) is 18.6. The Morgan fingerprint density at radius 2 is 1.91 bits per heavy atom. The summed E-state index contributed by atoms with van der Waals surface area (Å²) in [7, 11) is 0. The van der Waals surface area contributed by atoms with Gasteiger partial charge >= 0.3 is 0 Å². The number of fused-ring (bicyclic) bond motifs is 2. The van der Waals surface area contributed by atoms with E-state index in [0.717, 1.165) is 31.0 Å². The fourth-order valence-corrected chi connectivity index (χ4v) is 4.73. The highest BCUT2D eigenvalue weighted by Crippen LogP contribution is 2.40. The van der Waals surface area contributed by atoms with Crippen molar-refractivity contribution in [2.24, 2.45) is 10.9 Å². The molecule has 7 nitrogen and oxygen atoms in total. The van der Waals surface area contributed by atoms with Crippen LogP contribution in [0.1, 0.15) is 47.8 Å². The van der Waals surface area contributed by atoms with E-state index in [1.54, 1.807) is 20.1 Å². The first-order valence-electron chi connectivity index (χ1n) is 11.3. The van der Waals surface area contributed by atoms with E-state index in [9.17, 15) is 9.59 Å². The third-order valence-corrected chi connectivity index (χ3v) is 6.58. The molecule has 1 aromatic heterocycles. The molecule has 1 saturated heterocycles. The van der Waals surface area contributed by atoms with Gasteiger partial charge in [0.15, 0.2) is 11.6 Å². The highest BCUT2D eigenvalue weighted by molar-refractivity contribution is 6.30. The molecule has 7 heteroatoms. The summed E-state index contributed by atoms with van der Waals surface area (Å²) in [6.45, 7) is 7.48. The van der Waals surface area contributed by atoms with Crippen LogP contribution in [0.5, 0.6) is 0 Å². The molecule has 2 aromatic rings. The lowest BCUT2D eigenvalue weighted by atomic mass is 9.73. The number of benzene rings is 1. The summed E-state index contributed by atoms with van der Waals surface area (Å²) in [5.74, 6) is 0.122. The van der Waals surface area contributed by atoms with Crippen LogP contribution in [0.25, 0.3) is 5.57 Å². The van der Waals surface area contributed by atoms with E-state index in [4.69, 9.17) is 9.72 Å². The molecule has 0 radical (unpaired) electrons. The third-order valence-electron chi connectivity index (χ3n) is 6.58. The molecule has 1 N–H and O–H groups in total. The Hall–Kier alpha value is -2.90. The molecule has 166 valence electrons. The average Bonchev–Trinajstić information content (AvgIpc) is 3.21. The maximum Gasteiger partial charge on any atom is 0.188 e. The second-order valence-electron chi connectivity index (χ2n) is 9.20. The van der Waals surface area contributed by atoms with E-state index in [2.05, 4.69) is 14.9 Å². The number of ketones is 2. The van der Waals surface area contributed by atoms with Crippen molar-refractivity contribution in [2.45, 2.75) is 32.2 Å². The van der Waals surface area contributed by atoms with E-state index in [-0.39, 0.29) is 11.6 Å². The monoisotopic (exact) mass is 432 g/mol. The average molecular weight is 433 g/mol. The van der Waals surface area contributed by atoms with Crippen molar-refractivity contribution in [3.8, 4) is 0 Å². The predicted molar refractivity (Wildman–Crippen MR) is 122 cm³/mol. The van der Waals surface area contributed by atoms with Crippen LogP contribution in [0.2, 0.25) is 0 Å². The topological polar surface area (TPSA) is 87.7 Å². The van der Waals surface area contributed by atoms with Gasteiger partial charge in [-0.25, -0.2) is 4.98 Å². The molecule has 0 saturated carbocycles. The minimum absolute atomic E-state index is 0.0433. The summed E-state index contributed by atoms with van der Waals surface area (Å²) in [5, 5.41) is 0. The Balaban J connectivity index is 1.50. The summed E-state index contributed by atoms with van der Waals surface area (Å²) in [6.07, 6.45) is 2.94. The fourth-order valence-electron chi connectivity index (χ4n) is 4.73. The molecule has 0 bridgehead atoms. The minimum atomic E-state index is -0.864. The SMILES string of the molecule is CC1(C)N=CC2=C(C1=O)C(CCN1CCOCC1)C(=O)c1[nH]c(Cc3ccccc3)nc12. The van der Waals surface area contributed by atoms with Crippen molar-refractivity contribution in [2.75, 3.05) is 32.8 Å². The van der Waals surface area contributed by atoms with Gasteiger partial charge in [0.25, 0.3) is 0 Å². The number of aromatic amines is 1. The smallest absolute Gasteiger partial charge is 0.188 e. The van der Waals surface area contributed by atoms with Gasteiger partial charge in [-0.1, -0.05) is 30.3 Å². The largest absolute Gasteiger partial charge is 0.379 e. The minimum Gasteiger partial charge on any atom is -0.379 e. The van der Waals surface area contributed by atoms with Gasteiger partial charge in [0.1, 0.15) is 22.8 Å². The Bertz CT molecular complexity index is 1110. The first kappa shape index (κ1) is 21.0. The maximum atomic E-state index is 13.6. The van der Waals surface area contributed by atoms with Gasteiger partial charge < -0.3 is 9.72 Å². The number of morpholine rings is 1. The molecule has 1 aliphatic carbocycles. The number of aromatic nitrogens is 2. The van der Waals surface area contributed by atoms with Crippen LogP contribution in [-0.4, -0.2) is 71.0 Å². The summed E-state index contributed by atoms with van der Waals surface area (Å²) >= 11 is 0. The Morgan fingerprint density at radius 1 is 1.16 bits per heavy atom. The van der Waals surface area contributed by atoms with Gasteiger partial charge in [-0.05, 0) is 32.4 Å². The van der Waals surface area contributed by atoms with Crippen LogP contribution in [-0.2, 0) is 16.0 Å². The van der Waals surface area contributed by atoms with Crippen molar-refractivity contribution in [3.05, 3.63) is 58.7 Å². The van der Waals surface area contributed by atoms with E-state index >= 15 is 0 Å². The number of aliphatic imine (C=N–C) groups is 1. The molecule has 3 aliphatic rings. The summed E-state index contributed by atoms with van der Waals surface area (Å²) in [5.41, 5.74) is 2.59. The van der Waals surface area contributed by atoms with Gasteiger partial charge in [0.05, 0.1) is 19.1 Å². The number of allylic oxidation sites excluding steroid dienone is 1. The van der Waals surface area contributed by atoms with Crippen LogP contribution < -0.4 is 0 Å². The van der Waals surface area contributed by atoms with Crippen LogP contribution in [0.4, 0.5) is 0 Å². The van der Waals surface area contributed by atoms with Gasteiger partial charge in [0.2, 0.25) is 0 Å². The van der Waals surface area contributed by atoms with Gasteiger partial charge in [0, 0.05) is 36.9 Å². The van der Waals surface area contributed by atoms with Crippen molar-refractivity contribution in [1.29, 1.82) is 0 Å². The number of dihydropyridines is 1. The lowest BCUT2D eigenvalue weighted by molar-refractivity contribution is -0.119. The Labute approximate surface area is 187 Å². The molecular weight excluding hydrogens is 404 g/mol. The molecular formula is C25H28N4O3. The van der Waals surface area contributed by atoms with Crippen molar-refractivity contribution in [3.63, 3.8) is 0 Å². The van der Waals surface area contributed by atoms with Crippen LogP contribution >= 0.6 is 0 Å². The number of H-pyrrole nitrogens is 1. The zero-order valence-electron chi connectivity index (χ0n) is 18.6. The first-order valence-corrected chi connectivity index (χ1v) is 11.3. The number of rotatable bonds is 5. The first-order chi connectivity index (χ1) is 15.4. The summed E-state index contributed by atoms with van der Waals surface area (Å²) in [6, 6.07) is 10.0. The van der Waals surface area contributed by atoms with Gasteiger partial charge in [-0.2, -0.15) is 0 Å². The van der Waals surface area contributed by atoms with E-state index in [0.29, 0.717) is 48.6 Å². The number of imidazole rings is 1. The van der Waals surface area contributed by atoms with Crippen LogP contribution in [0.3, 0.4) is 0 Å². The number of nitrogens with one attached hydrogen (secondary N) is 1. The lowest BCUT2D eigenvalue weighted by Gasteiger charge is -2.34. The summed E-state index contributed by atoms with van der Waals surface area (Å²) < 4.78 is 5.44. The highest BCUT2D eigenvalue weighted by atomic mass is 16.5. The molecule has 1 atom stereocenters. The lowest BCUT2D eigenvalue weighted by Crippen LogP contribution is -2.43. The molecule has 1 fully saturated rings. The Kier molecular flexibility index (Phi) is 5.39. The second kappa shape index (κ2) is 8.22. The molecule has 3 heterocycles. The standard InChI is InChI=1S/C25H28N4O3/c1-25(2)24(31)20-17(8-9-29-10-12-32-13-11-29)23(30)22-21(18(20)15-26-25)27-19(28-22)14-16-6-4-3-5-7-16/h3-7,15,17H,8-14H2,1-2H3,(H,27,28). The fraction of sp³-hybridized carbons (Fsp3) is 0.440. The van der Waals surface area contributed by atoms with Gasteiger partial charge in [-0.15, -0.1) is 0 Å². The number of nitrogens with zero attached hydrogens (tertiary/aromatic N) is 3. The van der Waals surface area contributed by atoms with Crippen molar-refractivity contribution >= 4 is 23.4 Å². The highest BCUT2D eigenvalue weighted by Gasteiger charge is 2.45. The number of Topliss-reactive ketones (excluding diaryl/α,β-unsaturated/α-hetero) is 2. The third kappa shape index (κ3) is 3.76. The van der Waals surface area contributed by atoms with E-state index in [1.807, 2.05) is 30.3 Å². The van der Waals surface area contributed by atoms with Crippen molar-refractivity contribution < 1.29 is 14.3 Å². The maximum absolute atomic E-state index is 13.6. The molecule has 0 spiro atoms. The normalized spacial score (nSPS) is 22.8. The number of ether oxygens (including phenoxy) is 1. The quantitative estimate of drug-likeness (QED) is 0.785. The number of hydrogen-bond donors (Lipinski definition) is 1. The number of hydrogen-bond acceptors (Lipinski definition) is 6. The summed E-state index contributed by atoms with van der Waals surface area (Å²) in [4.78, 5) is 41.8. The Morgan fingerprint density at radius 3 is 2.66 bits per heavy atom. The van der Waals surface area contributed by atoms with Crippen molar-refractivity contribution in [1.82, 2.24) is 14.9 Å². The molecule has 5 rings (SSSR count). The number of carbonyl (C=O) groups excluding carboxylic acids is 2. The molecule has 2 aliphatic heterocycles. The molecule has 1 aromatic carbocycles.